The topological polar surface area (TPSA) is 17.1 Å². The normalized spacial score (nSPS) is 5.20. The zero-order valence-electron chi connectivity index (χ0n) is 2.16. The monoisotopic (exact) mass is 402 g/mol. The Kier molecular flexibility index (Phi) is 12.0. The first-order valence-electron chi connectivity index (χ1n) is 0.582. The largest absolute Gasteiger partial charge is 0 e. The van der Waals surface area contributed by atoms with E-state index < -0.39 is 37.2 Å². The van der Waals surface area contributed by atoms with E-state index in [1.165, 1.54) is 0 Å². The molecular formula is CeF2OPb. The van der Waals surface area contributed by atoms with Gasteiger partial charge in [0.1, 0.15) is 0 Å². The number of hydrogen-bond acceptors (Lipinski definition) is 1. The van der Waals surface area contributed by atoms with Gasteiger partial charge in [-0.25, -0.2) is 0 Å². The fourth-order valence-corrected chi connectivity index (χ4v) is 0. The van der Waals surface area contributed by atoms with E-state index in [1.807, 2.05) is 0 Å². The van der Waals surface area contributed by atoms with Gasteiger partial charge in [0, 0.05) is 27.3 Å². The van der Waals surface area contributed by atoms with Crippen molar-refractivity contribution in [1.29, 1.82) is 0 Å². The first-order chi connectivity index (χ1) is 1.73. The zero-order valence-corrected chi connectivity index (χ0v) is 9.19. The van der Waals surface area contributed by atoms with Crippen molar-refractivity contribution in [1.82, 2.24) is 0 Å². The molecule has 28 valence electrons. The van der Waals surface area contributed by atoms with Gasteiger partial charge < -0.3 is 0 Å². The van der Waals surface area contributed by atoms with Crippen LogP contribution in [0.1, 0.15) is 0 Å². The van der Waals surface area contributed by atoms with E-state index >= 15 is 0 Å². The van der Waals surface area contributed by atoms with Crippen LogP contribution in [0.4, 0.5) is 1.82 Å². The van der Waals surface area contributed by atoms with E-state index in [4.69, 9.17) is 0.938 Å². The maximum absolute atomic E-state index is 9.99. The summed E-state index contributed by atoms with van der Waals surface area (Å²) >= 11 is -4.91. The quantitative estimate of drug-likeness (QED) is 0.536. The molecule has 4 radical (unpaired) electrons. The molecule has 0 aromatic carbocycles. The van der Waals surface area contributed by atoms with Gasteiger partial charge in [0.25, 0.3) is 0 Å². The summed E-state index contributed by atoms with van der Waals surface area (Å²) in [6.45, 7) is 0. The average molecular weight is 401 g/mol. The summed E-state index contributed by atoms with van der Waals surface area (Å²) in [5.41, 5.74) is 0. The molecule has 0 aromatic rings. The van der Waals surface area contributed by atoms with Crippen LogP contribution in [-0.4, -0.2) is 27.3 Å². The first kappa shape index (κ1) is 10.0. The fraction of sp³-hybridized carbons (Fsp3) is 0. The Morgan fingerprint density at radius 1 is 1.40 bits per heavy atom. The van der Waals surface area contributed by atoms with E-state index in [9.17, 15) is 1.82 Å². The van der Waals surface area contributed by atoms with Crippen LogP contribution in [0.15, 0.2) is 0 Å². The zero-order chi connectivity index (χ0) is 3.58. The molecule has 0 aliphatic rings. The summed E-state index contributed by atoms with van der Waals surface area (Å²) in [7, 11) is 0. The van der Waals surface area contributed by atoms with Crippen LogP contribution >= 0.6 is 0 Å². The maximum atomic E-state index is 9.99. The van der Waals surface area contributed by atoms with Gasteiger partial charge in [-0.3, -0.25) is 0 Å². The number of halogens is 2. The van der Waals surface area contributed by atoms with Gasteiger partial charge in [-0.15, -0.1) is 0 Å². The molecular weight excluding hydrogens is 401 g/mol. The van der Waals surface area contributed by atoms with Crippen molar-refractivity contribution in [2.45, 2.75) is 0 Å². The van der Waals surface area contributed by atoms with E-state index in [1.54, 1.807) is 0 Å². The Morgan fingerprint density at radius 2 is 1.40 bits per heavy atom. The molecule has 0 aliphatic heterocycles. The van der Waals surface area contributed by atoms with Gasteiger partial charge in [0.2, 0.25) is 0 Å². The third-order valence-electron chi connectivity index (χ3n) is 0. The molecule has 0 atom stereocenters. The summed E-state index contributed by atoms with van der Waals surface area (Å²) in [5.74, 6) is 0. The van der Waals surface area contributed by atoms with Crippen LogP contribution in [0.25, 0.3) is 0 Å². The third-order valence-corrected chi connectivity index (χ3v) is 0. The van der Waals surface area contributed by atoms with Crippen LogP contribution in [0, 0.1) is 37.2 Å². The molecule has 0 amide bonds. The van der Waals surface area contributed by atoms with E-state index in [2.05, 4.69) is 0 Å². The van der Waals surface area contributed by atoms with Crippen molar-refractivity contribution in [2.75, 3.05) is 0 Å². The molecule has 0 N–H and O–H groups in total. The SMILES string of the molecule is [O]=[Ce]([F])[F].[Pb]. The van der Waals surface area contributed by atoms with Crippen molar-refractivity contribution >= 4 is 27.3 Å². The molecule has 0 saturated carbocycles. The smallest absolute Gasteiger partial charge is 0 e. The van der Waals surface area contributed by atoms with Crippen molar-refractivity contribution < 1.29 is 40.0 Å². The summed E-state index contributed by atoms with van der Waals surface area (Å²) in [6.07, 6.45) is 0. The molecule has 0 aromatic heterocycles. The first-order valence-corrected chi connectivity index (χ1v) is 4.24. The molecule has 5 heavy (non-hydrogen) atoms. The van der Waals surface area contributed by atoms with Crippen LogP contribution in [-0.2, 0) is 0.938 Å². The second-order valence-electron chi connectivity index (χ2n) is 0.226. The van der Waals surface area contributed by atoms with Crippen molar-refractivity contribution in [3.05, 3.63) is 0 Å². The molecule has 0 aliphatic carbocycles. The van der Waals surface area contributed by atoms with E-state index in [0.717, 1.165) is 0 Å². The van der Waals surface area contributed by atoms with E-state index in [0.29, 0.717) is 0 Å². The standard InChI is InChI=1S/Ce.2FH.O.Pb/h;2*1H;;/q+2;;;;/p-2. The average Bonchev–Trinajstić information content (AvgIpc) is 0.811. The van der Waals surface area contributed by atoms with Gasteiger partial charge in [-0.1, -0.05) is 0 Å². The minimum absolute atomic E-state index is 0. The molecule has 0 bridgehead atoms. The van der Waals surface area contributed by atoms with Crippen LogP contribution < -0.4 is 0 Å². The Labute approximate surface area is 65.8 Å². The number of rotatable bonds is 0. The Hall–Kier alpha value is 1.96. The second-order valence-corrected chi connectivity index (χ2v) is 1.64. The van der Waals surface area contributed by atoms with Crippen molar-refractivity contribution in [3.63, 3.8) is 0 Å². The van der Waals surface area contributed by atoms with Crippen molar-refractivity contribution in [3.8, 4) is 0 Å². The van der Waals surface area contributed by atoms with Gasteiger partial charge in [-0.2, -0.15) is 0 Å². The molecule has 0 rings (SSSR count). The predicted octanol–water partition coefficient (Wildman–Crippen LogP) is 0.341. The Balaban J connectivity index is 0. The molecule has 0 spiro atoms. The van der Waals surface area contributed by atoms with Crippen LogP contribution in [0.3, 0.4) is 0 Å². The minimum atomic E-state index is -4.91. The van der Waals surface area contributed by atoms with Gasteiger partial charge in [0.05, 0.1) is 0 Å². The maximum Gasteiger partial charge on any atom is 0 e. The second kappa shape index (κ2) is 5.96. The molecule has 0 unspecified atom stereocenters. The molecule has 1 nitrogen and oxygen atoms in total. The van der Waals surface area contributed by atoms with Crippen LogP contribution in [0.5, 0.6) is 0 Å². The van der Waals surface area contributed by atoms with Gasteiger partial charge in [0.15, 0.2) is 0 Å². The molecule has 0 fully saturated rings. The van der Waals surface area contributed by atoms with E-state index in [-0.39, 0.29) is 27.3 Å². The molecule has 0 saturated heterocycles. The Bertz CT molecular complexity index is 32.6. The van der Waals surface area contributed by atoms with Gasteiger partial charge >= 0.3 is 40.0 Å². The minimum Gasteiger partial charge on any atom is 0 e. The van der Waals surface area contributed by atoms with Crippen LogP contribution in [0.2, 0.25) is 0 Å². The third kappa shape index (κ3) is 24.3. The predicted molar refractivity (Wildman–Crippen MR) is 8.66 cm³/mol. The summed E-state index contributed by atoms with van der Waals surface area (Å²) in [4.78, 5) is 0. The van der Waals surface area contributed by atoms with Crippen molar-refractivity contribution in [2.24, 2.45) is 0 Å². The molecule has 0 heterocycles. The summed E-state index contributed by atoms with van der Waals surface area (Å²) in [5, 5.41) is 0. The summed E-state index contributed by atoms with van der Waals surface area (Å²) in [6, 6.07) is 0. The number of hydrogen-bond donors (Lipinski definition) is 0. The summed E-state index contributed by atoms with van der Waals surface area (Å²) < 4.78 is 28.4. The molecule has 5 heteroatoms. The van der Waals surface area contributed by atoms with Gasteiger partial charge in [-0.05, 0) is 0 Å². The Morgan fingerprint density at radius 3 is 1.40 bits per heavy atom. The fourth-order valence-electron chi connectivity index (χ4n) is 0.